The summed E-state index contributed by atoms with van der Waals surface area (Å²) in [7, 11) is -2.27. The molecular weight excluding hydrogens is 330 g/mol. The largest absolute Gasteiger partial charge is 0.398 e. The molecule has 2 rings (SSSR count). The standard InChI is InChI=1S/C12H12BrN3O2S/c1-16(12-4-2-3-7-15-12)19(17,18)11-6-5-9(13)8-10(11)14/h2-8H,14H2,1H3. The van der Waals surface area contributed by atoms with E-state index in [0.717, 1.165) is 8.78 Å². The Bertz CT molecular complexity index is 689. The molecule has 100 valence electrons. The van der Waals surface area contributed by atoms with Gasteiger partial charge in [0.2, 0.25) is 0 Å². The van der Waals surface area contributed by atoms with Gasteiger partial charge in [0, 0.05) is 17.7 Å². The van der Waals surface area contributed by atoms with Gasteiger partial charge < -0.3 is 5.73 Å². The molecule has 0 unspecified atom stereocenters. The Morgan fingerprint density at radius 1 is 1.26 bits per heavy atom. The molecule has 0 fully saturated rings. The van der Waals surface area contributed by atoms with Gasteiger partial charge in [-0.3, -0.25) is 4.31 Å². The minimum atomic E-state index is -3.71. The van der Waals surface area contributed by atoms with Crippen molar-refractivity contribution in [3.8, 4) is 0 Å². The highest BCUT2D eigenvalue weighted by atomic mass is 79.9. The van der Waals surface area contributed by atoms with Crippen molar-refractivity contribution in [1.29, 1.82) is 0 Å². The van der Waals surface area contributed by atoms with Crippen LogP contribution in [-0.4, -0.2) is 20.4 Å². The van der Waals surface area contributed by atoms with Crippen LogP contribution in [0.2, 0.25) is 0 Å². The first kappa shape index (κ1) is 13.8. The van der Waals surface area contributed by atoms with E-state index in [4.69, 9.17) is 5.73 Å². The Balaban J connectivity index is 2.48. The van der Waals surface area contributed by atoms with Crippen LogP contribution in [-0.2, 0) is 10.0 Å². The van der Waals surface area contributed by atoms with E-state index in [0.29, 0.717) is 5.82 Å². The van der Waals surface area contributed by atoms with E-state index in [1.807, 2.05) is 0 Å². The Kier molecular flexibility index (Phi) is 3.77. The Hall–Kier alpha value is -1.60. The summed E-state index contributed by atoms with van der Waals surface area (Å²) >= 11 is 3.24. The summed E-state index contributed by atoms with van der Waals surface area (Å²) in [5.74, 6) is 0.338. The van der Waals surface area contributed by atoms with Crippen LogP contribution in [0.5, 0.6) is 0 Å². The van der Waals surface area contributed by atoms with E-state index in [-0.39, 0.29) is 10.6 Å². The summed E-state index contributed by atoms with van der Waals surface area (Å²) in [5.41, 5.74) is 5.96. The third-order valence-corrected chi connectivity index (χ3v) is 4.91. The maximum absolute atomic E-state index is 12.5. The van der Waals surface area contributed by atoms with Gasteiger partial charge in [-0.1, -0.05) is 22.0 Å². The zero-order chi connectivity index (χ0) is 14.0. The second kappa shape index (κ2) is 5.18. The quantitative estimate of drug-likeness (QED) is 0.868. The van der Waals surface area contributed by atoms with Gasteiger partial charge in [-0.15, -0.1) is 0 Å². The highest BCUT2D eigenvalue weighted by molar-refractivity contribution is 9.10. The number of nitrogen functional groups attached to an aromatic ring is 1. The average Bonchev–Trinajstić information content (AvgIpc) is 2.38. The molecule has 0 atom stereocenters. The van der Waals surface area contributed by atoms with Crippen LogP contribution in [0, 0.1) is 0 Å². The summed E-state index contributed by atoms with van der Waals surface area (Å²) in [4.78, 5) is 4.07. The van der Waals surface area contributed by atoms with Crippen molar-refractivity contribution in [2.24, 2.45) is 0 Å². The molecule has 19 heavy (non-hydrogen) atoms. The van der Waals surface area contributed by atoms with Crippen molar-refractivity contribution in [3.63, 3.8) is 0 Å². The molecule has 0 saturated carbocycles. The molecule has 0 radical (unpaired) electrons. The molecule has 0 aliphatic rings. The van der Waals surface area contributed by atoms with Crippen molar-refractivity contribution in [1.82, 2.24) is 4.98 Å². The highest BCUT2D eigenvalue weighted by Gasteiger charge is 2.24. The number of pyridine rings is 1. The fourth-order valence-electron chi connectivity index (χ4n) is 1.56. The maximum Gasteiger partial charge on any atom is 0.267 e. The summed E-state index contributed by atoms with van der Waals surface area (Å²) in [6.07, 6.45) is 1.53. The predicted octanol–water partition coefficient (Wildman–Crippen LogP) is 2.25. The van der Waals surface area contributed by atoms with Crippen LogP contribution in [0.25, 0.3) is 0 Å². The lowest BCUT2D eigenvalue weighted by molar-refractivity contribution is 0.594. The molecule has 0 aliphatic heterocycles. The zero-order valence-corrected chi connectivity index (χ0v) is 12.5. The molecule has 0 aliphatic carbocycles. The number of anilines is 2. The molecule has 0 spiro atoms. The Labute approximate surface area is 120 Å². The van der Waals surface area contributed by atoms with Crippen LogP contribution in [0.1, 0.15) is 0 Å². The van der Waals surface area contributed by atoms with E-state index in [1.165, 1.54) is 19.3 Å². The van der Waals surface area contributed by atoms with Gasteiger partial charge in [0.05, 0.1) is 5.69 Å². The summed E-state index contributed by atoms with van der Waals surface area (Å²) in [5, 5.41) is 0. The third-order valence-electron chi connectivity index (χ3n) is 2.58. The van der Waals surface area contributed by atoms with Crippen molar-refractivity contribution >= 4 is 37.5 Å². The van der Waals surface area contributed by atoms with Gasteiger partial charge in [-0.05, 0) is 30.3 Å². The molecule has 0 amide bonds. The fourth-order valence-corrected chi connectivity index (χ4v) is 3.19. The number of nitrogens with two attached hydrogens (primary N) is 1. The molecule has 7 heteroatoms. The zero-order valence-electron chi connectivity index (χ0n) is 10.1. The topological polar surface area (TPSA) is 76.3 Å². The lowest BCUT2D eigenvalue weighted by Crippen LogP contribution is -2.28. The number of halogens is 1. The van der Waals surface area contributed by atoms with Gasteiger partial charge in [-0.2, -0.15) is 0 Å². The van der Waals surface area contributed by atoms with Gasteiger partial charge in [0.25, 0.3) is 10.0 Å². The van der Waals surface area contributed by atoms with Crippen molar-refractivity contribution < 1.29 is 8.42 Å². The number of rotatable bonds is 3. The lowest BCUT2D eigenvalue weighted by Gasteiger charge is -2.19. The van der Waals surface area contributed by atoms with E-state index < -0.39 is 10.0 Å². The number of hydrogen-bond acceptors (Lipinski definition) is 4. The van der Waals surface area contributed by atoms with E-state index in [2.05, 4.69) is 20.9 Å². The third kappa shape index (κ3) is 2.71. The van der Waals surface area contributed by atoms with Crippen molar-refractivity contribution in [2.45, 2.75) is 4.90 Å². The minimum absolute atomic E-state index is 0.0591. The summed E-state index contributed by atoms with van der Waals surface area (Å²) in [6.45, 7) is 0. The average molecular weight is 342 g/mol. The number of hydrogen-bond donors (Lipinski definition) is 1. The molecule has 1 heterocycles. The fraction of sp³-hybridized carbons (Fsp3) is 0.0833. The first-order chi connectivity index (χ1) is 8.93. The summed E-state index contributed by atoms with van der Waals surface area (Å²) in [6, 6.07) is 9.71. The first-order valence-electron chi connectivity index (χ1n) is 5.38. The van der Waals surface area contributed by atoms with E-state index in [9.17, 15) is 8.42 Å². The number of sulfonamides is 1. The van der Waals surface area contributed by atoms with Crippen molar-refractivity contribution in [2.75, 3.05) is 17.1 Å². The van der Waals surface area contributed by atoms with Gasteiger partial charge in [0.15, 0.2) is 0 Å². The van der Waals surface area contributed by atoms with Crippen LogP contribution in [0.15, 0.2) is 52.0 Å². The number of aromatic nitrogens is 1. The highest BCUT2D eigenvalue weighted by Crippen LogP contribution is 2.27. The molecular formula is C12H12BrN3O2S. The Morgan fingerprint density at radius 2 is 2.00 bits per heavy atom. The Morgan fingerprint density at radius 3 is 2.58 bits per heavy atom. The SMILES string of the molecule is CN(c1ccccn1)S(=O)(=O)c1ccc(Br)cc1N. The predicted molar refractivity (Wildman–Crippen MR) is 78.4 cm³/mol. The van der Waals surface area contributed by atoms with E-state index in [1.54, 1.807) is 30.3 Å². The van der Waals surface area contributed by atoms with Crippen LogP contribution in [0.3, 0.4) is 0 Å². The lowest BCUT2D eigenvalue weighted by atomic mass is 10.3. The minimum Gasteiger partial charge on any atom is -0.398 e. The maximum atomic E-state index is 12.5. The normalized spacial score (nSPS) is 11.3. The van der Waals surface area contributed by atoms with Gasteiger partial charge in [0.1, 0.15) is 10.7 Å². The molecule has 2 aromatic rings. The molecule has 0 bridgehead atoms. The molecule has 5 nitrogen and oxygen atoms in total. The number of nitrogens with zero attached hydrogens (tertiary/aromatic N) is 2. The summed E-state index contributed by atoms with van der Waals surface area (Å²) < 4.78 is 26.7. The molecule has 1 aromatic carbocycles. The van der Waals surface area contributed by atoms with Gasteiger partial charge >= 0.3 is 0 Å². The van der Waals surface area contributed by atoms with E-state index >= 15 is 0 Å². The monoisotopic (exact) mass is 341 g/mol. The smallest absolute Gasteiger partial charge is 0.267 e. The first-order valence-corrected chi connectivity index (χ1v) is 7.61. The van der Waals surface area contributed by atoms with Crippen molar-refractivity contribution in [3.05, 3.63) is 47.1 Å². The second-order valence-electron chi connectivity index (χ2n) is 3.84. The van der Waals surface area contributed by atoms with Crippen LogP contribution < -0.4 is 10.0 Å². The second-order valence-corrected chi connectivity index (χ2v) is 6.70. The van der Waals surface area contributed by atoms with Gasteiger partial charge in [-0.25, -0.2) is 13.4 Å². The molecule has 0 saturated heterocycles. The van der Waals surface area contributed by atoms with Crippen LogP contribution in [0.4, 0.5) is 11.5 Å². The molecule has 2 N–H and O–H groups in total. The van der Waals surface area contributed by atoms with Crippen LogP contribution >= 0.6 is 15.9 Å². The number of benzene rings is 1. The molecule has 1 aromatic heterocycles.